The molecule has 0 saturated carbocycles. The van der Waals surface area contributed by atoms with Crippen molar-refractivity contribution in [1.82, 2.24) is 4.98 Å². The van der Waals surface area contributed by atoms with Gasteiger partial charge in [0.25, 0.3) is 0 Å². The summed E-state index contributed by atoms with van der Waals surface area (Å²) in [5, 5.41) is 9.03. The van der Waals surface area contributed by atoms with Gasteiger partial charge in [-0.3, -0.25) is 0 Å². The first-order valence-corrected chi connectivity index (χ1v) is 4.87. The summed E-state index contributed by atoms with van der Waals surface area (Å²) in [6, 6.07) is 10.4. The van der Waals surface area contributed by atoms with E-state index in [1.165, 1.54) is 5.56 Å². The summed E-state index contributed by atoms with van der Waals surface area (Å²) in [6.07, 6.45) is 1.87. The molecular formula is C13H12N2. The molecule has 0 aliphatic heterocycles. The van der Waals surface area contributed by atoms with Gasteiger partial charge >= 0.3 is 0 Å². The van der Waals surface area contributed by atoms with Gasteiger partial charge in [0.15, 0.2) is 0 Å². The first-order valence-electron chi connectivity index (χ1n) is 4.87. The van der Waals surface area contributed by atoms with Gasteiger partial charge in [-0.15, -0.1) is 0 Å². The largest absolute Gasteiger partial charge is 0.360 e. The molecule has 1 heterocycles. The van der Waals surface area contributed by atoms with E-state index in [0.717, 1.165) is 22.4 Å². The molecule has 0 aliphatic carbocycles. The predicted octanol–water partition coefficient (Wildman–Crippen LogP) is 3.17. The number of nitriles is 1. The minimum atomic E-state index is 0.735. The van der Waals surface area contributed by atoms with E-state index in [2.05, 4.69) is 18.0 Å². The third-order valence-electron chi connectivity index (χ3n) is 2.53. The zero-order chi connectivity index (χ0) is 10.8. The van der Waals surface area contributed by atoms with E-state index in [-0.39, 0.29) is 0 Å². The number of nitrogens with one attached hydrogen (secondary N) is 1. The number of aromatic amines is 1. The fourth-order valence-corrected chi connectivity index (χ4v) is 1.61. The summed E-state index contributed by atoms with van der Waals surface area (Å²) in [6.45, 7) is 3.99. The second kappa shape index (κ2) is 3.62. The summed E-state index contributed by atoms with van der Waals surface area (Å²) in [5.41, 5.74) is 4.92. The Kier molecular flexibility index (Phi) is 2.31. The summed E-state index contributed by atoms with van der Waals surface area (Å²) < 4.78 is 0. The lowest BCUT2D eigenvalue weighted by atomic mass is 10.1. The first kappa shape index (κ1) is 9.54. The van der Waals surface area contributed by atoms with Gasteiger partial charge in [-0.2, -0.15) is 5.26 Å². The zero-order valence-electron chi connectivity index (χ0n) is 8.83. The maximum absolute atomic E-state index is 9.03. The molecule has 1 aromatic heterocycles. The minimum absolute atomic E-state index is 0.735. The number of H-pyrrole nitrogens is 1. The topological polar surface area (TPSA) is 39.6 Å². The molecule has 0 bridgehead atoms. The van der Waals surface area contributed by atoms with Crippen molar-refractivity contribution < 1.29 is 0 Å². The van der Waals surface area contributed by atoms with Crippen molar-refractivity contribution >= 4 is 0 Å². The van der Waals surface area contributed by atoms with Crippen LogP contribution in [0, 0.1) is 25.2 Å². The number of rotatable bonds is 1. The highest BCUT2D eigenvalue weighted by molar-refractivity contribution is 5.68. The molecule has 0 radical (unpaired) electrons. The number of aryl methyl sites for hydroxylation is 2. The Bertz CT molecular complexity index is 512. The van der Waals surface area contributed by atoms with Crippen molar-refractivity contribution in [2.75, 3.05) is 0 Å². The van der Waals surface area contributed by atoms with Crippen LogP contribution in [0.4, 0.5) is 0 Å². The van der Waals surface area contributed by atoms with Crippen LogP contribution < -0.4 is 0 Å². The molecule has 0 saturated heterocycles. The van der Waals surface area contributed by atoms with Crippen LogP contribution in [0.2, 0.25) is 0 Å². The molecule has 0 unspecified atom stereocenters. The smallest absolute Gasteiger partial charge is 0.102 e. The van der Waals surface area contributed by atoms with Crippen LogP contribution >= 0.6 is 0 Å². The van der Waals surface area contributed by atoms with Gasteiger partial charge in [0.2, 0.25) is 0 Å². The van der Waals surface area contributed by atoms with E-state index in [4.69, 9.17) is 5.26 Å². The summed E-state index contributed by atoms with van der Waals surface area (Å²) in [4.78, 5) is 3.14. The lowest BCUT2D eigenvalue weighted by molar-refractivity contribution is 1.37. The molecular weight excluding hydrogens is 184 g/mol. The van der Waals surface area contributed by atoms with E-state index < -0.39 is 0 Å². The molecule has 0 fully saturated rings. The monoisotopic (exact) mass is 196 g/mol. The van der Waals surface area contributed by atoms with Crippen molar-refractivity contribution in [3.63, 3.8) is 0 Å². The molecule has 15 heavy (non-hydrogen) atoms. The molecule has 0 atom stereocenters. The average molecular weight is 196 g/mol. The van der Waals surface area contributed by atoms with Crippen LogP contribution in [0.3, 0.4) is 0 Å². The summed E-state index contributed by atoms with van der Waals surface area (Å²) in [5.74, 6) is 0. The fraction of sp³-hybridized carbons (Fsp3) is 0.154. The Morgan fingerprint density at radius 3 is 2.40 bits per heavy atom. The maximum atomic E-state index is 9.03. The Labute approximate surface area is 89.2 Å². The molecule has 2 rings (SSSR count). The highest BCUT2D eigenvalue weighted by Gasteiger charge is 2.08. The first-order chi connectivity index (χ1) is 7.22. The average Bonchev–Trinajstić information content (AvgIpc) is 2.61. The standard InChI is InChI=1S/C13H12N2/c1-9-3-5-11(6-4-9)13-12(7-14)10(2)8-15-13/h3-6,8,15H,1-2H3. The molecule has 0 spiro atoms. The van der Waals surface area contributed by atoms with Crippen LogP contribution in [0.5, 0.6) is 0 Å². The van der Waals surface area contributed by atoms with Crippen LogP contribution in [-0.4, -0.2) is 4.98 Å². The van der Waals surface area contributed by atoms with Gasteiger partial charge < -0.3 is 4.98 Å². The normalized spacial score (nSPS) is 9.93. The van der Waals surface area contributed by atoms with Crippen molar-refractivity contribution in [3.05, 3.63) is 47.2 Å². The molecule has 0 aliphatic rings. The van der Waals surface area contributed by atoms with Gasteiger partial charge in [0, 0.05) is 6.20 Å². The Hall–Kier alpha value is -2.01. The molecule has 0 amide bonds. The highest BCUT2D eigenvalue weighted by atomic mass is 14.7. The van der Waals surface area contributed by atoms with Gasteiger partial charge in [-0.25, -0.2) is 0 Å². The molecule has 74 valence electrons. The third-order valence-corrected chi connectivity index (χ3v) is 2.53. The molecule has 1 aromatic carbocycles. The van der Waals surface area contributed by atoms with E-state index in [1.807, 2.05) is 37.4 Å². The van der Waals surface area contributed by atoms with Gasteiger partial charge in [0.1, 0.15) is 6.07 Å². The Morgan fingerprint density at radius 1 is 1.13 bits per heavy atom. The van der Waals surface area contributed by atoms with Gasteiger partial charge in [-0.1, -0.05) is 29.8 Å². The number of nitrogens with zero attached hydrogens (tertiary/aromatic N) is 1. The molecule has 2 aromatic rings. The van der Waals surface area contributed by atoms with E-state index in [9.17, 15) is 0 Å². The fourth-order valence-electron chi connectivity index (χ4n) is 1.61. The molecule has 2 nitrogen and oxygen atoms in total. The second-order valence-corrected chi connectivity index (χ2v) is 3.70. The lowest BCUT2D eigenvalue weighted by Gasteiger charge is -2.00. The quantitative estimate of drug-likeness (QED) is 0.747. The number of hydrogen-bond acceptors (Lipinski definition) is 1. The number of aromatic nitrogens is 1. The van der Waals surface area contributed by atoms with Crippen molar-refractivity contribution in [3.8, 4) is 17.3 Å². The zero-order valence-corrected chi connectivity index (χ0v) is 8.83. The van der Waals surface area contributed by atoms with E-state index >= 15 is 0 Å². The predicted molar refractivity (Wildman–Crippen MR) is 60.4 cm³/mol. The molecule has 2 heteroatoms. The lowest BCUT2D eigenvalue weighted by Crippen LogP contribution is -1.82. The second-order valence-electron chi connectivity index (χ2n) is 3.70. The van der Waals surface area contributed by atoms with Crippen molar-refractivity contribution in [2.24, 2.45) is 0 Å². The highest BCUT2D eigenvalue weighted by Crippen LogP contribution is 2.24. The Morgan fingerprint density at radius 2 is 1.80 bits per heavy atom. The maximum Gasteiger partial charge on any atom is 0.102 e. The van der Waals surface area contributed by atoms with E-state index in [1.54, 1.807) is 0 Å². The summed E-state index contributed by atoms with van der Waals surface area (Å²) in [7, 11) is 0. The minimum Gasteiger partial charge on any atom is -0.360 e. The number of benzene rings is 1. The third kappa shape index (κ3) is 1.64. The van der Waals surface area contributed by atoms with Crippen LogP contribution in [0.15, 0.2) is 30.5 Å². The number of hydrogen-bond donors (Lipinski definition) is 1. The van der Waals surface area contributed by atoms with Gasteiger partial charge in [-0.05, 0) is 25.0 Å². The van der Waals surface area contributed by atoms with Crippen molar-refractivity contribution in [2.45, 2.75) is 13.8 Å². The summed E-state index contributed by atoms with van der Waals surface area (Å²) >= 11 is 0. The van der Waals surface area contributed by atoms with E-state index in [0.29, 0.717) is 0 Å². The van der Waals surface area contributed by atoms with Crippen LogP contribution in [0.1, 0.15) is 16.7 Å². The SMILES string of the molecule is Cc1ccc(-c2[nH]cc(C)c2C#N)cc1. The Balaban J connectivity index is 2.55. The molecule has 1 N–H and O–H groups in total. The van der Waals surface area contributed by atoms with Crippen LogP contribution in [-0.2, 0) is 0 Å². The van der Waals surface area contributed by atoms with Gasteiger partial charge in [0.05, 0.1) is 11.3 Å². The van der Waals surface area contributed by atoms with Crippen molar-refractivity contribution in [1.29, 1.82) is 5.26 Å². The van der Waals surface area contributed by atoms with Crippen LogP contribution in [0.25, 0.3) is 11.3 Å².